The van der Waals surface area contributed by atoms with Crippen LogP contribution in [0.25, 0.3) is 0 Å². The predicted octanol–water partition coefficient (Wildman–Crippen LogP) is 1.77. The van der Waals surface area contributed by atoms with Crippen molar-refractivity contribution in [1.29, 1.82) is 0 Å². The van der Waals surface area contributed by atoms with Gasteiger partial charge in [0.15, 0.2) is 0 Å². The summed E-state index contributed by atoms with van der Waals surface area (Å²) in [7, 11) is 4.37. The number of likely N-dealkylation sites (tertiary alicyclic amines) is 1. The summed E-state index contributed by atoms with van der Waals surface area (Å²) in [5, 5.41) is 0. The molecule has 0 aliphatic carbocycles. The van der Waals surface area contributed by atoms with Gasteiger partial charge in [0, 0.05) is 24.7 Å². The Morgan fingerprint density at radius 3 is 2.29 bits per heavy atom. The van der Waals surface area contributed by atoms with Gasteiger partial charge in [0.25, 0.3) is 0 Å². The van der Waals surface area contributed by atoms with Crippen LogP contribution < -0.4 is 5.73 Å². The maximum Gasteiger partial charge on any atom is 0.0293 e. The number of piperidine rings is 1. The second-order valence-electron chi connectivity index (χ2n) is 6.92. The molecule has 17 heavy (non-hydrogen) atoms. The van der Waals surface area contributed by atoms with Gasteiger partial charge < -0.3 is 10.6 Å². The minimum absolute atomic E-state index is 0.232. The zero-order valence-electron chi connectivity index (χ0n) is 12.5. The highest BCUT2D eigenvalue weighted by Crippen LogP contribution is 2.29. The molecule has 102 valence electrons. The van der Waals surface area contributed by atoms with Crippen molar-refractivity contribution in [2.45, 2.75) is 58.7 Å². The molecule has 1 rings (SSSR count). The molecule has 3 atom stereocenters. The van der Waals surface area contributed by atoms with E-state index in [1.165, 1.54) is 19.4 Å². The molecule has 2 N–H and O–H groups in total. The van der Waals surface area contributed by atoms with Crippen molar-refractivity contribution in [3.8, 4) is 0 Å². The summed E-state index contributed by atoms with van der Waals surface area (Å²) in [6.45, 7) is 11.4. The minimum atomic E-state index is 0.232. The van der Waals surface area contributed by atoms with Crippen molar-refractivity contribution in [3.05, 3.63) is 0 Å². The van der Waals surface area contributed by atoms with Crippen molar-refractivity contribution < 1.29 is 0 Å². The summed E-state index contributed by atoms with van der Waals surface area (Å²) in [5.74, 6) is 0. The van der Waals surface area contributed by atoms with Gasteiger partial charge in [0.05, 0.1) is 0 Å². The lowest BCUT2D eigenvalue weighted by molar-refractivity contribution is 0.0337. The quantitative estimate of drug-likeness (QED) is 0.817. The lowest BCUT2D eigenvalue weighted by atomic mass is 9.80. The van der Waals surface area contributed by atoms with Crippen molar-refractivity contribution >= 4 is 0 Å². The molecule has 0 bridgehead atoms. The van der Waals surface area contributed by atoms with Crippen LogP contribution in [-0.2, 0) is 0 Å². The fraction of sp³-hybridized carbons (Fsp3) is 1.00. The summed E-state index contributed by atoms with van der Waals surface area (Å²) in [6.07, 6.45) is 2.61. The zero-order chi connectivity index (χ0) is 13.2. The number of nitrogens with two attached hydrogens (primary N) is 1. The molecule has 0 spiro atoms. The van der Waals surface area contributed by atoms with Crippen molar-refractivity contribution in [1.82, 2.24) is 9.80 Å². The van der Waals surface area contributed by atoms with Gasteiger partial charge in [0.1, 0.15) is 0 Å². The second-order valence-corrected chi connectivity index (χ2v) is 6.92. The van der Waals surface area contributed by atoms with Crippen LogP contribution in [0.5, 0.6) is 0 Å². The largest absolute Gasteiger partial charge is 0.327 e. The number of rotatable bonds is 3. The van der Waals surface area contributed by atoms with Crippen LogP contribution in [-0.4, -0.2) is 55.1 Å². The van der Waals surface area contributed by atoms with Gasteiger partial charge in [-0.2, -0.15) is 0 Å². The molecule has 1 aliphatic rings. The van der Waals surface area contributed by atoms with E-state index >= 15 is 0 Å². The van der Waals surface area contributed by atoms with Gasteiger partial charge in [-0.25, -0.2) is 0 Å². The van der Waals surface area contributed by atoms with Crippen LogP contribution in [0.2, 0.25) is 0 Å². The molecule has 0 saturated carbocycles. The molecular weight excluding hydrogens is 210 g/mol. The van der Waals surface area contributed by atoms with Crippen LogP contribution in [0.4, 0.5) is 0 Å². The van der Waals surface area contributed by atoms with E-state index in [1.807, 2.05) is 0 Å². The van der Waals surface area contributed by atoms with Crippen molar-refractivity contribution in [3.63, 3.8) is 0 Å². The molecule has 1 saturated heterocycles. The first-order chi connectivity index (χ1) is 7.73. The molecule has 0 aromatic carbocycles. The third-order valence-electron chi connectivity index (χ3n) is 3.94. The molecule has 3 unspecified atom stereocenters. The lowest BCUT2D eigenvalue weighted by Crippen LogP contribution is -2.58. The summed E-state index contributed by atoms with van der Waals surface area (Å²) < 4.78 is 0. The maximum atomic E-state index is 6.22. The highest BCUT2D eigenvalue weighted by molar-refractivity contribution is 4.92. The van der Waals surface area contributed by atoms with Crippen LogP contribution in [0.3, 0.4) is 0 Å². The Bertz CT molecular complexity index is 230. The minimum Gasteiger partial charge on any atom is -0.327 e. The highest BCUT2D eigenvalue weighted by Gasteiger charge is 2.35. The van der Waals surface area contributed by atoms with Gasteiger partial charge in [0.2, 0.25) is 0 Å². The Kier molecular flexibility index (Phi) is 4.99. The Hall–Kier alpha value is -0.120. The Morgan fingerprint density at radius 1 is 1.29 bits per heavy atom. The summed E-state index contributed by atoms with van der Waals surface area (Å²) in [4.78, 5) is 4.96. The number of likely N-dealkylation sites (N-methyl/N-ethyl adjacent to an activating group) is 1. The topological polar surface area (TPSA) is 32.5 Å². The van der Waals surface area contributed by atoms with Gasteiger partial charge in [-0.15, -0.1) is 0 Å². The van der Waals surface area contributed by atoms with E-state index < -0.39 is 0 Å². The molecule has 1 aliphatic heterocycles. The summed E-state index contributed by atoms with van der Waals surface area (Å²) in [6, 6.07) is 1.40. The van der Waals surface area contributed by atoms with Crippen LogP contribution in [0.1, 0.15) is 40.5 Å². The Labute approximate surface area is 107 Å². The monoisotopic (exact) mass is 241 g/mol. The SMILES string of the molecule is CC(N)C(N1CCCC(N(C)C)C1)C(C)(C)C. The smallest absolute Gasteiger partial charge is 0.0293 e. The van der Waals surface area contributed by atoms with E-state index in [2.05, 4.69) is 51.6 Å². The van der Waals surface area contributed by atoms with E-state index in [4.69, 9.17) is 5.73 Å². The number of nitrogens with zero attached hydrogens (tertiary/aromatic N) is 2. The van der Waals surface area contributed by atoms with Gasteiger partial charge in [-0.3, -0.25) is 4.90 Å². The molecule has 3 heteroatoms. The van der Waals surface area contributed by atoms with Crippen molar-refractivity contribution in [2.24, 2.45) is 11.1 Å². The Morgan fingerprint density at radius 2 is 1.88 bits per heavy atom. The standard InChI is InChI=1S/C14H31N3/c1-11(15)13(14(2,3)4)17-9-7-8-12(10-17)16(5)6/h11-13H,7-10,15H2,1-6H3. The summed E-state index contributed by atoms with van der Waals surface area (Å²) in [5.41, 5.74) is 6.47. The fourth-order valence-corrected chi connectivity index (χ4v) is 3.33. The zero-order valence-corrected chi connectivity index (χ0v) is 12.5. The molecule has 1 fully saturated rings. The molecule has 0 aromatic heterocycles. The number of hydrogen-bond donors (Lipinski definition) is 1. The number of hydrogen-bond acceptors (Lipinski definition) is 3. The summed E-state index contributed by atoms with van der Waals surface area (Å²) >= 11 is 0. The average Bonchev–Trinajstić information content (AvgIpc) is 2.15. The fourth-order valence-electron chi connectivity index (χ4n) is 3.33. The molecule has 3 nitrogen and oxygen atoms in total. The third-order valence-corrected chi connectivity index (χ3v) is 3.94. The second kappa shape index (κ2) is 5.68. The molecule has 0 aromatic rings. The third kappa shape index (κ3) is 3.94. The van der Waals surface area contributed by atoms with Crippen molar-refractivity contribution in [2.75, 3.05) is 27.2 Å². The molecular formula is C14H31N3. The first-order valence-electron chi connectivity index (χ1n) is 6.89. The van der Waals surface area contributed by atoms with E-state index in [1.54, 1.807) is 0 Å². The average molecular weight is 241 g/mol. The molecule has 0 radical (unpaired) electrons. The van der Waals surface area contributed by atoms with Crippen LogP contribution in [0.15, 0.2) is 0 Å². The maximum absolute atomic E-state index is 6.22. The molecule has 0 amide bonds. The van der Waals surface area contributed by atoms with Gasteiger partial charge in [-0.05, 0) is 45.8 Å². The lowest BCUT2D eigenvalue weighted by Gasteiger charge is -2.47. The van der Waals surface area contributed by atoms with Gasteiger partial charge >= 0.3 is 0 Å². The van der Waals surface area contributed by atoms with Crippen LogP contribution in [0, 0.1) is 5.41 Å². The van der Waals surface area contributed by atoms with E-state index in [0.29, 0.717) is 12.1 Å². The van der Waals surface area contributed by atoms with Crippen LogP contribution >= 0.6 is 0 Å². The Balaban J connectivity index is 2.75. The van der Waals surface area contributed by atoms with Gasteiger partial charge in [-0.1, -0.05) is 20.8 Å². The normalized spacial score (nSPS) is 27.2. The van der Waals surface area contributed by atoms with E-state index in [-0.39, 0.29) is 11.5 Å². The van der Waals surface area contributed by atoms with E-state index in [0.717, 1.165) is 6.54 Å². The highest BCUT2D eigenvalue weighted by atomic mass is 15.2. The van der Waals surface area contributed by atoms with E-state index in [9.17, 15) is 0 Å². The predicted molar refractivity (Wildman–Crippen MR) is 75.2 cm³/mol. The molecule has 1 heterocycles. The first-order valence-corrected chi connectivity index (χ1v) is 6.89. The first kappa shape index (κ1) is 14.9.